The summed E-state index contributed by atoms with van der Waals surface area (Å²) in [6.45, 7) is 11.9. The quantitative estimate of drug-likeness (QED) is 0.571. The van der Waals surface area contributed by atoms with E-state index in [1.54, 1.807) is 0 Å². The van der Waals surface area contributed by atoms with Gasteiger partial charge in [0, 0.05) is 12.5 Å². The van der Waals surface area contributed by atoms with Gasteiger partial charge in [0.25, 0.3) is 0 Å². The maximum Gasteiger partial charge on any atom is 0.306 e. The molecule has 0 amide bonds. The van der Waals surface area contributed by atoms with E-state index >= 15 is 0 Å². The maximum atomic E-state index is 12.0. The molecule has 3 nitrogen and oxygen atoms in total. The number of carbonyl (C=O) groups is 1. The Bertz CT molecular complexity index is 289. The van der Waals surface area contributed by atoms with Crippen LogP contribution in [0.1, 0.15) is 66.7 Å². The van der Waals surface area contributed by atoms with Gasteiger partial charge < -0.3 is 10.1 Å². The third kappa shape index (κ3) is 6.25. The fourth-order valence-corrected chi connectivity index (χ4v) is 3.10. The summed E-state index contributed by atoms with van der Waals surface area (Å²) >= 11 is 0. The van der Waals surface area contributed by atoms with Crippen molar-refractivity contribution in [2.75, 3.05) is 6.54 Å². The van der Waals surface area contributed by atoms with Crippen LogP contribution in [0.25, 0.3) is 0 Å². The molecule has 3 heteroatoms. The van der Waals surface area contributed by atoms with Crippen molar-refractivity contribution in [2.45, 2.75) is 78.9 Å². The molecule has 1 aliphatic rings. The van der Waals surface area contributed by atoms with Crippen LogP contribution in [-0.2, 0) is 9.53 Å². The van der Waals surface area contributed by atoms with Crippen LogP contribution in [0.5, 0.6) is 0 Å². The average molecular weight is 283 g/mol. The zero-order chi connectivity index (χ0) is 15.1. The SMILES string of the molecule is CC1CCC(C(C)C)C(OC(=O)CCCNC(C)C)C1. The summed E-state index contributed by atoms with van der Waals surface area (Å²) in [6, 6.07) is 0.482. The predicted molar refractivity (Wildman–Crippen MR) is 83.6 cm³/mol. The Hall–Kier alpha value is -0.570. The van der Waals surface area contributed by atoms with Crippen molar-refractivity contribution in [1.29, 1.82) is 0 Å². The van der Waals surface area contributed by atoms with Crippen LogP contribution in [0.15, 0.2) is 0 Å². The number of esters is 1. The molecule has 1 saturated carbocycles. The summed E-state index contributed by atoms with van der Waals surface area (Å²) in [6.07, 6.45) is 5.06. The minimum Gasteiger partial charge on any atom is -0.462 e. The van der Waals surface area contributed by atoms with Crippen LogP contribution in [0.2, 0.25) is 0 Å². The highest BCUT2D eigenvalue weighted by atomic mass is 16.5. The molecule has 20 heavy (non-hydrogen) atoms. The Morgan fingerprint density at radius 1 is 1.25 bits per heavy atom. The van der Waals surface area contributed by atoms with E-state index in [2.05, 4.69) is 39.9 Å². The highest BCUT2D eigenvalue weighted by Gasteiger charge is 2.33. The molecule has 0 aromatic rings. The normalized spacial score (nSPS) is 27.1. The van der Waals surface area contributed by atoms with Gasteiger partial charge in [-0.05, 0) is 43.6 Å². The van der Waals surface area contributed by atoms with Crippen molar-refractivity contribution < 1.29 is 9.53 Å². The molecule has 0 aromatic heterocycles. The second-order valence-electron chi connectivity index (χ2n) is 7.07. The molecule has 0 saturated heterocycles. The Labute approximate surface area is 124 Å². The molecule has 0 aliphatic heterocycles. The molecule has 3 unspecified atom stereocenters. The number of hydrogen-bond acceptors (Lipinski definition) is 3. The van der Waals surface area contributed by atoms with E-state index in [0.29, 0.717) is 30.2 Å². The van der Waals surface area contributed by atoms with Gasteiger partial charge in [-0.3, -0.25) is 4.79 Å². The van der Waals surface area contributed by atoms with Gasteiger partial charge >= 0.3 is 5.97 Å². The van der Waals surface area contributed by atoms with Crippen molar-refractivity contribution >= 4 is 5.97 Å². The summed E-state index contributed by atoms with van der Waals surface area (Å²) in [5.74, 6) is 1.82. The van der Waals surface area contributed by atoms with Crippen molar-refractivity contribution in [2.24, 2.45) is 17.8 Å². The second kappa shape index (κ2) is 8.66. The molecular formula is C17H33NO2. The van der Waals surface area contributed by atoms with E-state index in [-0.39, 0.29) is 12.1 Å². The minimum atomic E-state index is -0.0136. The molecule has 0 spiro atoms. The number of carbonyl (C=O) groups excluding carboxylic acids is 1. The summed E-state index contributed by atoms with van der Waals surface area (Å²) in [4.78, 5) is 12.0. The molecule has 1 N–H and O–H groups in total. The fourth-order valence-electron chi connectivity index (χ4n) is 3.10. The predicted octanol–water partition coefficient (Wildman–Crippen LogP) is 3.77. The van der Waals surface area contributed by atoms with Crippen LogP contribution >= 0.6 is 0 Å². The van der Waals surface area contributed by atoms with Crippen LogP contribution in [0.4, 0.5) is 0 Å². The van der Waals surface area contributed by atoms with Crippen LogP contribution in [0, 0.1) is 17.8 Å². The summed E-state index contributed by atoms with van der Waals surface area (Å²) in [7, 11) is 0. The van der Waals surface area contributed by atoms with Crippen LogP contribution in [-0.4, -0.2) is 24.7 Å². The smallest absolute Gasteiger partial charge is 0.306 e. The van der Waals surface area contributed by atoms with Crippen LogP contribution < -0.4 is 5.32 Å². The van der Waals surface area contributed by atoms with Crippen molar-refractivity contribution in [3.8, 4) is 0 Å². The number of rotatable bonds is 7. The van der Waals surface area contributed by atoms with Gasteiger partial charge in [0.05, 0.1) is 0 Å². The van der Waals surface area contributed by atoms with Gasteiger partial charge in [-0.15, -0.1) is 0 Å². The summed E-state index contributed by atoms with van der Waals surface area (Å²) in [5, 5.41) is 3.33. The summed E-state index contributed by atoms with van der Waals surface area (Å²) < 4.78 is 5.78. The highest BCUT2D eigenvalue weighted by molar-refractivity contribution is 5.69. The number of ether oxygens (including phenoxy) is 1. The molecule has 0 radical (unpaired) electrons. The Morgan fingerprint density at radius 2 is 1.95 bits per heavy atom. The van der Waals surface area contributed by atoms with E-state index in [1.807, 2.05) is 0 Å². The van der Waals surface area contributed by atoms with Crippen LogP contribution in [0.3, 0.4) is 0 Å². The first-order chi connectivity index (χ1) is 9.40. The van der Waals surface area contributed by atoms with Gasteiger partial charge in [0.15, 0.2) is 0 Å². The zero-order valence-corrected chi connectivity index (χ0v) is 13.9. The lowest BCUT2D eigenvalue weighted by Crippen LogP contribution is -2.36. The van der Waals surface area contributed by atoms with Gasteiger partial charge in [0.1, 0.15) is 6.10 Å². The van der Waals surface area contributed by atoms with Gasteiger partial charge in [-0.1, -0.05) is 41.0 Å². The molecule has 1 rings (SSSR count). The highest BCUT2D eigenvalue weighted by Crippen LogP contribution is 2.35. The van der Waals surface area contributed by atoms with Crippen molar-refractivity contribution in [1.82, 2.24) is 5.32 Å². The van der Waals surface area contributed by atoms with E-state index < -0.39 is 0 Å². The Balaban J connectivity index is 2.33. The molecular weight excluding hydrogens is 250 g/mol. The van der Waals surface area contributed by atoms with E-state index in [4.69, 9.17) is 4.74 Å². The van der Waals surface area contributed by atoms with Gasteiger partial charge in [-0.2, -0.15) is 0 Å². The average Bonchev–Trinajstić information content (AvgIpc) is 2.34. The fraction of sp³-hybridized carbons (Fsp3) is 0.941. The minimum absolute atomic E-state index is 0.0136. The molecule has 0 bridgehead atoms. The first-order valence-electron chi connectivity index (χ1n) is 8.33. The first-order valence-corrected chi connectivity index (χ1v) is 8.33. The second-order valence-corrected chi connectivity index (χ2v) is 7.07. The van der Waals surface area contributed by atoms with E-state index in [0.717, 1.165) is 19.4 Å². The Morgan fingerprint density at radius 3 is 2.55 bits per heavy atom. The topological polar surface area (TPSA) is 38.3 Å². The number of nitrogens with one attached hydrogen (secondary N) is 1. The molecule has 118 valence electrons. The number of hydrogen-bond donors (Lipinski definition) is 1. The standard InChI is InChI=1S/C17H33NO2/c1-12(2)15-9-8-14(5)11-16(15)20-17(19)7-6-10-18-13(3)4/h12-16,18H,6-11H2,1-5H3. The van der Waals surface area contributed by atoms with Gasteiger partial charge in [-0.25, -0.2) is 0 Å². The van der Waals surface area contributed by atoms with Crippen molar-refractivity contribution in [3.05, 3.63) is 0 Å². The van der Waals surface area contributed by atoms with Crippen molar-refractivity contribution in [3.63, 3.8) is 0 Å². The lowest BCUT2D eigenvalue weighted by molar-refractivity contribution is -0.156. The molecule has 1 aliphatic carbocycles. The van der Waals surface area contributed by atoms with E-state index in [9.17, 15) is 4.79 Å². The summed E-state index contributed by atoms with van der Waals surface area (Å²) in [5.41, 5.74) is 0. The third-order valence-electron chi connectivity index (χ3n) is 4.35. The Kier molecular flexibility index (Phi) is 7.57. The first kappa shape index (κ1) is 17.5. The largest absolute Gasteiger partial charge is 0.462 e. The molecule has 0 heterocycles. The third-order valence-corrected chi connectivity index (χ3v) is 4.35. The maximum absolute atomic E-state index is 12.0. The monoisotopic (exact) mass is 283 g/mol. The molecule has 3 atom stereocenters. The van der Waals surface area contributed by atoms with Gasteiger partial charge in [0.2, 0.25) is 0 Å². The van der Waals surface area contributed by atoms with E-state index in [1.165, 1.54) is 12.8 Å². The zero-order valence-electron chi connectivity index (χ0n) is 13.9. The molecule has 0 aromatic carbocycles. The lowest BCUT2D eigenvalue weighted by atomic mass is 9.75. The molecule has 1 fully saturated rings. The lowest BCUT2D eigenvalue weighted by Gasteiger charge is -2.36.